The highest BCUT2D eigenvalue weighted by Crippen LogP contribution is 2.35. The fourth-order valence-corrected chi connectivity index (χ4v) is 10.7. The fraction of sp³-hybridized carbons (Fsp3) is 0.333. The number of carbonyl (C=O) groups is 3. The van der Waals surface area contributed by atoms with Gasteiger partial charge in [-0.1, -0.05) is 41.6 Å². The van der Waals surface area contributed by atoms with Crippen LogP contribution in [0.3, 0.4) is 0 Å². The van der Waals surface area contributed by atoms with Crippen molar-refractivity contribution < 1.29 is 50.7 Å². The minimum atomic E-state index is -3.10. The topological polar surface area (TPSA) is 210 Å². The zero-order chi connectivity index (χ0) is 50.8. The number of β-amino-alcohol motifs (C(OH)–C–C–N with tert-alkyl or cyclic N) is 1. The van der Waals surface area contributed by atoms with E-state index in [-0.39, 0.29) is 66.9 Å². The highest BCUT2D eigenvalue weighted by atomic mass is 32.2. The Hall–Kier alpha value is -6.78. The number of aliphatic hydroxyl groups excluding tert-OH is 1. The Morgan fingerprint density at radius 3 is 2.47 bits per heavy atom. The van der Waals surface area contributed by atoms with Crippen molar-refractivity contribution in [3.05, 3.63) is 136 Å². The largest absolute Gasteiger partial charge is 0.754 e. The standard InChI is InChI=1S/C51H51F3N8O8S2/c1-28-20-44(70-59-28)38(51(66)61-26-36(63)22-43(61)50(65)58-29(2)31-7-9-33(10-8-31)48-30(3)57-27-71-48)6-4-5-19-69-37-13-11-32(12-14-37)34-21-39-40(24-56-49(39)55-23-34)47(64)45-41(53)15-16-42(46(45)54)62(72(67)68)60-18-17-35(52)25-60/h7-16,20-21,23-24,27,29,35-36,38,43,63H,4-6,17-19,22,25-26H2,1-3H3,(H,55,56)(H,58,65)(H,67,68)/p-1/t29-,35+,36+,38-,43-/m0/s1. The van der Waals surface area contributed by atoms with Crippen LogP contribution in [0.1, 0.15) is 89.6 Å². The van der Waals surface area contributed by atoms with E-state index in [9.17, 15) is 32.6 Å². The Bertz CT molecular complexity index is 3130. The summed E-state index contributed by atoms with van der Waals surface area (Å²) in [5.41, 5.74) is 5.11. The van der Waals surface area contributed by atoms with Crippen LogP contribution < -0.4 is 14.5 Å². The molecule has 376 valence electrons. The van der Waals surface area contributed by atoms with E-state index < -0.39 is 64.2 Å². The molecule has 0 radical (unpaired) electrons. The maximum atomic E-state index is 16.0. The monoisotopic (exact) mass is 1020 g/mol. The van der Waals surface area contributed by atoms with Crippen molar-refractivity contribution in [3.63, 3.8) is 0 Å². The van der Waals surface area contributed by atoms with Gasteiger partial charge in [0.05, 0.1) is 69.8 Å². The molecule has 1 unspecified atom stereocenters. The Morgan fingerprint density at radius 2 is 1.79 bits per heavy atom. The number of ether oxygens (including phenoxy) is 1. The number of anilines is 1. The van der Waals surface area contributed by atoms with Gasteiger partial charge in [0.25, 0.3) is 0 Å². The van der Waals surface area contributed by atoms with Gasteiger partial charge in [0, 0.05) is 54.5 Å². The van der Waals surface area contributed by atoms with Crippen LogP contribution in [0.5, 0.6) is 5.75 Å². The minimum absolute atomic E-state index is 0.00238. The third kappa shape index (κ3) is 10.6. The quantitative estimate of drug-likeness (QED) is 0.0422. The third-order valence-electron chi connectivity index (χ3n) is 13.1. The van der Waals surface area contributed by atoms with Gasteiger partial charge >= 0.3 is 0 Å². The summed E-state index contributed by atoms with van der Waals surface area (Å²) in [4.78, 5) is 56.1. The maximum absolute atomic E-state index is 16.0. The number of rotatable bonds is 18. The number of hydrogen-bond acceptors (Lipinski definition) is 13. The highest BCUT2D eigenvalue weighted by molar-refractivity contribution is 7.80. The lowest BCUT2D eigenvalue weighted by Gasteiger charge is -2.34. The number of H-pyrrole nitrogens is 1. The lowest BCUT2D eigenvalue weighted by Crippen LogP contribution is -2.48. The van der Waals surface area contributed by atoms with Gasteiger partial charge in [0.15, 0.2) is 5.82 Å². The predicted octanol–water partition coefficient (Wildman–Crippen LogP) is 8.20. The Morgan fingerprint density at radius 1 is 1.03 bits per heavy atom. The number of halogens is 3. The molecule has 72 heavy (non-hydrogen) atoms. The highest BCUT2D eigenvalue weighted by Gasteiger charge is 2.42. The van der Waals surface area contributed by atoms with Crippen molar-refractivity contribution in [2.45, 2.75) is 83.2 Å². The number of unbranched alkanes of at least 4 members (excludes halogenated alkanes) is 1. The summed E-state index contributed by atoms with van der Waals surface area (Å²) >= 11 is -1.54. The van der Waals surface area contributed by atoms with Gasteiger partial charge in [0.2, 0.25) is 17.6 Å². The number of aliphatic hydroxyl groups is 1. The number of fused-ring (bicyclic) bond motifs is 1. The molecule has 2 saturated heterocycles. The fourth-order valence-electron chi connectivity index (χ4n) is 9.29. The van der Waals surface area contributed by atoms with E-state index in [0.717, 1.165) is 38.8 Å². The number of carbonyl (C=O) groups excluding carboxylic acids is 3. The molecule has 2 fully saturated rings. The average Bonchev–Trinajstić information content (AvgIpc) is 4.23. The lowest BCUT2D eigenvalue weighted by atomic mass is 9.96. The molecule has 7 aromatic rings. The molecule has 21 heteroatoms. The summed E-state index contributed by atoms with van der Waals surface area (Å²) in [7, 11) is 0. The van der Waals surface area contributed by atoms with Crippen LogP contribution in [0.15, 0.2) is 95.2 Å². The summed E-state index contributed by atoms with van der Waals surface area (Å²) in [6.45, 7) is 5.55. The van der Waals surface area contributed by atoms with Crippen molar-refractivity contribution in [1.29, 1.82) is 0 Å². The van der Waals surface area contributed by atoms with Crippen LogP contribution in [0.25, 0.3) is 32.6 Å². The minimum Gasteiger partial charge on any atom is -0.754 e. The van der Waals surface area contributed by atoms with Gasteiger partial charge in [-0.15, -0.1) is 11.3 Å². The summed E-state index contributed by atoms with van der Waals surface area (Å²) in [5, 5.41) is 19.2. The van der Waals surface area contributed by atoms with Gasteiger partial charge in [-0.2, -0.15) is 0 Å². The number of likely N-dealkylation sites (tertiary alicyclic amines) is 1. The molecule has 2 amide bonds. The van der Waals surface area contributed by atoms with E-state index in [4.69, 9.17) is 9.26 Å². The van der Waals surface area contributed by atoms with E-state index >= 15 is 8.78 Å². The van der Waals surface area contributed by atoms with Crippen LogP contribution in [0, 0.1) is 25.5 Å². The van der Waals surface area contributed by atoms with E-state index in [1.54, 1.807) is 66.4 Å². The number of hydrazine groups is 1. The molecule has 6 atom stereocenters. The summed E-state index contributed by atoms with van der Waals surface area (Å²) in [6, 6.07) is 18.8. The molecule has 0 spiro atoms. The molecule has 9 rings (SSSR count). The van der Waals surface area contributed by atoms with Gasteiger partial charge in [-0.3, -0.25) is 18.6 Å². The molecule has 6 heterocycles. The van der Waals surface area contributed by atoms with Crippen LogP contribution in [-0.4, -0.2) is 106 Å². The molecule has 0 saturated carbocycles. The SMILES string of the molecule is Cc1cc([C@H](CCCCOc2ccc(-c3cnc4[nH]cc(C(=O)c5c(F)ccc(N(N6CC[C@@H](F)C6)S(=O)[O-])c5F)c4c3)cc2)C(=O)N2C[C@H](O)C[C@H]2C(=O)N[C@@H](C)c2ccc(-c3scnc3C)cc2)on1. The molecular formula is C51H50F3N8O8S2-. The number of nitrogens with one attached hydrogen (secondary N) is 2. The van der Waals surface area contributed by atoms with E-state index in [1.807, 2.05) is 38.1 Å². The van der Waals surface area contributed by atoms with E-state index in [0.29, 0.717) is 58.6 Å². The lowest BCUT2D eigenvalue weighted by molar-refractivity contribution is -0.140. The smallest absolute Gasteiger partial charge is 0.243 e. The number of alkyl halides is 1. The summed E-state index contributed by atoms with van der Waals surface area (Å²) < 4.78 is 81.8. The number of hydrogen-bond donors (Lipinski definition) is 3. The van der Waals surface area contributed by atoms with Crippen LogP contribution in [0.2, 0.25) is 0 Å². The number of aromatic nitrogens is 4. The van der Waals surface area contributed by atoms with Crippen LogP contribution in [-0.2, 0) is 20.9 Å². The molecule has 0 bridgehead atoms. The molecule has 4 aromatic heterocycles. The number of benzene rings is 3. The second kappa shape index (κ2) is 21.5. The summed E-state index contributed by atoms with van der Waals surface area (Å²) in [6.07, 6.45) is 2.20. The second-order valence-electron chi connectivity index (χ2n) is 18.0. The number of aromatic amines is 1. The first-order chi connectivity index (χ1) is 34.6. The average molecular weight is 1020 g/mol. The maximum Gasteiger partial charge on any atom is 0.243 e. The molecule has 2 aliphatic rings. The van der Waals surface area contributed by atoms with Gasteiger partial charge in [-0.05, 0) is 93.5 Å². The van der Waals surface area contributed by atoms with E-state index in [2.05, 4.69) is 25.4 Å². The number of nitrogens with zero attached hydrogens (tertiary/aromatic N) is 6. The second-order valence-corrected chi connectivity index (χ2v) is 19.6. The number of pyridine rings is 1. The van der Waals surface area contributed by atoms with Crippen molar-refractivity contribution in [1.82, 2.24) is 35.3 Å². The third-order valence-corrected chi connectivity index (χ3v) is 14.7. The number of aryl methyl sites for hydroxylation is 2. The Kier molecular flexibility index (Phi) is 15.0. The van der Waals surface area contributed by atoms with Crippen molar-refractivity contribution in [2.75, 3.05) is 30.7 Å². The molecule has 3 aromatic carbocycles. The molecule has 16 nitrogen and oxygen atoms in total. The molecular weight excluding hydrogens is 974 g/mol. The number of thiazole rings is 1. The first-order valence-corrected chi connectivity index (χ1v) is 25.3. The first-order valence-electron chi connectivity index (χ1n) is 23.4. The molecule has 0 aliphatic carbocycles. The molecule has 2 aliphatic heterocycles. The van der Waals surface area contributed by atoms with Crippen molar-refractivity contribution >= 4 is 56.9 Å². The normalized spacial score (nSPS) is 18.3. The predicted molar refractivity (Wildman–Crippen MR) is 262 cm³/mol. The van der Waals surface area contributed by atoms with Crippen molar-refractivity contribution in [3.8, 4) is 27.3 Å². The van der Waals surface area contributed by atoms with E-state index in [1.165, 1.54) is 11.1 Å². The summed E-state index contributed by atoms with van der Waals surface area (Å²) in [5.74, 6) is -4.22. The van der Waals surface area contributed by atoms with Gasteiger partial charge < -0.3 is 34.1 Å². The number of ketones is 1. The first kappa shape index (κ1) is 50.2. The Balaban J connectivity index is 0.818. The van der Waals surface area contributed by atoms with Crippen LogP contribution >= 0.6 is 11.3 Å². The number of amides is 2. The van der Waals surface area contributed by atoms with Crippen molar-refractivity contribution in [2.24, 2.45) is 0 Å². The van der Waals surface area contributed by atoms with Crippen LogP contribution in [0.4, 0.5) is 18.9 Å². The van der Waals surface area contributed by atoms with Gasteiger partial charge in [0.1, 0.15) is 40.9 Å². The van der Waals surface area contributed by atoms with Gasteiger partial charge in [-0.25, -0.2) is 32.6 Å². The zero-order valence-corrected chi connectivity index (χ0v) is 41.0. The molecule has 3 N–H and O–H groups in total. The zero-order valence-electron chi connectivity index (χ0n) is 39.3. The Labute approximate surface area is 418 Å².